The van der Waals surface area contributed by atoms with Crippen LogP contribution in [0.25, 0.3) is 0 Å². The van der Waals surface area contributed by atoms with E-state index in [0.29, 0.717) is 4.08 Å². The van der Waals surface area contributed by atoms with Crippen molar-refractivity contribution in [2.75, 3.05) is 19.9 Å². The first-order valence-corrected chi connectivity index (χ1v) is 7.55. The van der Waals surface area contributed by atoms with Crippen molar-refractivity contribution >= 4 is 28.5 Å². The summed E-state index contributed by atoms with van der Waals surface area (Å²) in [4.78, 5) is 11.3. The quantitative estimate of drug-likeness (QED) is 0.392. The summed E-state index contributed by atoms with van der Waals surface area (Å²) in [5.74, 6) is 0. The summed E-state index contributed by atoms with van der Waals surface area (Å²) < 4.78 is 26.9. The second-order valence-electron chi connectivity index (χ2n) is 2.08. The van der Waals surface area contributed by atoms with Crippen LogP contribution in [0.15, 0.2) is 0 Å². The number of sulfonamides is 1. The van der Waals surface area contributed by atoms with Crippen molar-refractivity contribution in [1.29, 1.82) is 0 Å². The Balaban J connectivity index is 0. The smallest absolute Gasteiger partial charge is 0.789 e. The Labute approximate surface area is 127 Å². The summed E-state index contributed by atoms with van der Waals surface area (Å²) in [5.41, 5.74) is 0. The molecule has 0 spiro atoms. The molecule has 0 aromatic heterocycles. The van der Waals surface area contributed by atoms with Gasteiger partial charge in [0.1, 0.15) is 0 Å². The largest absolute Gasteiger partial charge is 1.00 e. The molecule has 1 atom stereocenters. The summed E-state index contributed by atoms with van der Waals surface area (Å²) >= 11 is 4.49. The number of hydrogen-bond donors (Lipinski definition) is 0. The Hall–Kier alpha value is 2.12. The maximum atomic E-state index is 11.3. The minimum atomic E-state index is -3.58. The molecule has 0 aliphatic carbocycles. The van der Waals surface area contributed by atoms with E-state index >= 15 is 0 Å². The Kier molecular flexibility index (Phi) is 8.95. The van der Waals surface area contributed by atoms with E-state index in [2.05, 4.69) is 16.3 Å². The van der Waals surface area contributed by atoms with Gasteiger partial charge in [0, 0.05) is 13.7 Å². The zero-order chi connectivity index (χ0) is 9.99. The van der Waals surface area contributed by atoms with Gasteiger partial charge in [-0.1, -0.05) is 11.8 Å². The number of hydrogen-bond acceptors (Lipinski definition) is 5. The Morgan fingerprint density at radius 1 is 1.62 bits per heavy atom. The van der Waals surface area contributed by atoms with E-state index in [1.807, 2.05) is 0 Å². The molecule has 0 rings (SSSR count). The van der Waals surface area contributed by atoms with Gasteiger partial charge in [0.05, 0.1) is 12.9 Å². The van der Waals surface area contributed by atoms with Gasteiger partial charge in [-0.3, -0.25) is 0 Å². The van der Waals surface area contributed by atoms with Crippen LogP contribution >= 0.6 is 6.64 Å². The first kappa shape index (κ1) is 17.5. The molecule has 0 radical (unpaired) electrons. The fourth-order valence-electron chi connectivity index (χ4n) is 0.426. The standard InChI is InChI=1S/C4H12NO4PS2.K/c1-4-9-10(6,11)5(2)12(3,7)8;/h4H2,1-3H3,(H,6,11);/q;+1/p-1. The third-order valence-electron chi connectivity index (χ3n) is 1.12. The molecule has 0 heterocycles. The molecule has 0 bridgehead atoms. The molecule has 0 saturated heterocycles. The SMILES string of the molecule is CCOP([O-])(=S)N(C)S(C)(=O)=O.[K+]. The van der Waals surface area contributed by atoms with Gasteiger partial charge >= 0.3 is 51.4 Å². The molecular formula is C4H11KNO4PS2. The molecule has 13 heavy (non-hydrogen) atoms. The molecule has 0 aromatic rings. The van der Waals surface area contributed by atoms with Crippen LogP contribution in [0.4, 0.5) is 0 Å². The second-order valence-corrected chi connectivity index (χ2v) is 7.55. The molecule has 0 saturated carbocycles. The van der Waals surface area contributed by atoms with Crippen LogP contribution in [0, 0.1) is 0 Å². The van der Waals surface area contributed by atoms with Crippen molar-refractivity contribution in [3.05, 3.63) is 0 Å². The first-order valence-electron chi connectivity index (χ1n) is 3.11. The fraction of sp³-hybridized carbons (Fsp3) is 1.00. The predicted molar refractivity (Wildman–Crippen MR) is 48.5 cm³/mol. The molecule has 0 N–H and O–H groups in total. The number of nitrogens with zero attached hydrogens (tertiary/aromatic N) is 1. The van der Waals surface area contributed by atoms with E-state index in [1.165, 1.54) is 0 Å². The molecule has 0 aliphatic heterocycles. The van der Waals surface area contributed by atoms with E-state index in [1.54, 1.807) is 6.92 Å². The van der Waals surface area contributed by atoms with E-state index in [-0.39, 0.29) is 58.0 Å². The summed E-state index contributed by atoms with van der Waals surface area (Å²) in [6.07, 6.45) is 0.922. The van der Waals surface area contributed by atoms with Gasteiger partial charge in [-0.05, 0) is 6.92 Å². The van der Waals surface area contributed by atoms with Gasteiger partial charge in [-0.15, -0.1) is 0 Å². The van der Waals surface area contributed by atoms with Crippen LogP contribution in [-0.2, 0) is 26.4 Å². The summed E-state index contributed by atoms with van der Waals surface area (Å²) in [6, 6.07) is 0. The molecule has 0 amide bonds. The topological polar surface area (TPSA) is 69.7 Å². The van der Waals surface area contributed by atoms with Crippen molar-refractivity contribution in [3.63, 3.8) is 0 Å². The average Bonchev–Trinajstić information content (AvgIpc) is 1.84. The maximum absolute atomic E-state index is 11.3. The zero-order valence-electron chi connectivity index (χ0n) is 8.05. The van der Waals surface area contributed by atoms with E-state index in [4.69, 9.17) is 0 Å². The van der Waals surface area contributed by atoms with E-state index < -0.39 is 16.7 Å². The minimum Gasteiger partial charge on any atom is -0.789 e. The van der Waals surface area contributed by atoms with Gasteiger partial charge in [0.25, 0.3) is 0 Å². The summed E-state index contributed by atoms with van der Waals surface area (Å²) in [5, 5.41) is 0. The third kappa shape index (κ3) is 6.31. The van der Waals surface area contributed by atoms with Crippen molar-refractivity contribution in [3.8, 4) is 0 Å². The van der Waals surface area contributed by atoms with E-state index in [0.717, 1.165) is 13.3 Å². The van der Waals surface area contributed by atoms with Gasteiger partial charge in [-0.2, -0.15) is 4.08 Å². The monoisotopic (exact) mass is 271 g/mol. The van der Waals surface area contributed by atoms with Crippen LogP contribution in [0.1, 0.15) is 6.92 Å². The molecule has 1 unspecified atom stereocenters. The molecular weight excluding hydrogens is 260 g/mol. The first-order chi connectivity index (χ1) is 5.22. The van der Waals surface area contributed by atoms with Gasteiger partial charge < -0.3 is 9.42 Å². The van der Waals surface area contributed by atoms with Crippen LogP contribution < -0.4 is 56.3 Å². The van der Waals surface area contributed by atoms with Crippen molar-refractivity contribution in [2.24, 2.45) is 0 Å². The Morgan fingerprint density at radius 2 is 2.00 bits per heavy atom. The molecule has 0 aromatic carbocycles. The molecule has 5 nitrogen and oxygen atoms in total. The molecule has 9 heteroatoms. The Morgan fingerprint density at radius 3 is 2.23 bits per heavy atom. The second kappa shape index (κ2) is 6.65. The maximum Gasteiger partial charge on any atom is 1.00 e. The zero-order valence-corrected chi connectivity index (χ0v) is 13.7. The van der Waals surface area contributed by atoms with Crippen molar-refractivity contribution < 1.29 is 69.2 Å². The van der Waals surface area contributed by atoms with Crippen LogP contribution in [0.3, 0.4) is 0 Å². The normalized spacial score (nSPS) is 16.4. The van der Waals surface area contributed by atoms with Gasteiger partial charge in [-0.25, -0.2) is 8.42 Å². The Bertz CT molecular complexity index is 293. The number of rotatable bonds is 4. The van der Waals surface area contributed by atoms with Crippen LogP contribution in [0.5, 0.6) is 0 Å². The van der Waals surface area contributed by atoms with Crippen molar-refractivity contribution in [2.45, 2.75) is 6.92 Å². The molecule has 74 valence electrons. The molecule has 0 fully saturated rings. The minimum absolute atomic E-state index is 0. The van der Waals surface area contributed by atoms with Gasteiger partial charge in [0.2, 0.25) is 10.0 Å². The van der Waals surface area contributed by atoms with Crippen molar-refractivity contribution in [1.82, 2.24) is 4.08 Å². The van der Waals surface area contributed by atoms with Crippen LogP contribution in [0.2, 0.25) is 0 Å². The fourth-order valence-corrected chi connectivity index (χ4v) is 3.92. The molecule has 0 aliphatic rings. The van der Waals surface area contributed by atoms with Crippen LogP contribution in [-0.4, -0.2) is 32.4 Å². The summed E-state index contributed by atoms with van der Waals surface area (Å²) in [6.45, 7) is -1.86. The summed E-state index contributed by atoms with van der Waals surface area (Å²) in [7, 11) is -2.40. The van der Waals surface area contributed by atoms with Gasteiger partial charge in [0.15, 0.2) is 0 Å². The predicted octanol–water partition coefficient (Wildman–Crippen LogP) is -3.50. The average molecular weight is 271 g/mol. The van der Waals surface area contributed by atoms with E-state index in [9.17, 15) is 13.3 Å². The third-order valence-corrected chi connectivity index (χ3v) is 6.25.